The van der Waals surface area contributed by atoms with Crippen molar-refractivity contribution in [3.05, 3.63) is 29.8 Å². The van der Waals surface area contributed by atoms with Gasteiger partial charge in [-0.05, 0) is 12.1 Å². The summed E-state index contributed by atoms with van der Waals surface area (Å²) in [7, 11) is 0. The number of alkyl halides is 3. The Bertz CT molecular complexity index is 456. The van der Waals surface area contributed by atoms with Crippen LogP contribution in [-0.4, -0.2) is 37.1 Å². The number of carbonyl (C=O) groups is 1. The van der Waals surface area contributed by atoms with E-state index in [0.29, 0.717) is 26.2 Å². The Balaban J connectivity index is 2.12. The first-order valence-corrected chi connectivity index (χ1v) is 5.91. The van der Waals surface area contributed by atoms with Crippen LogP contribution in [-0.2, 0) is 6.18 Å². The number of rotatable bonds is 1. The van der Waals surface area contributed by atoms with Gasteiger partial charge in [0.2, 0.25) is 0 Å². The number of benzene rings is 1. The van der Waals surface area contributed by atoms with Crippen molar-refractivity contribution in [1.29, 1.82) is 0 Å². The Morgan fingerprint density at radius 1 is 1.21 bits per heavy atom. The van der Waals surface area contributed by atoms with Crippen molar-refractivity contribution in [2.24, 2.45) is 0 Å². The molecule has 0 radical (unpaired) electrons. The molecule has 4 nitrogen and oxygen atoms in total. The number of carbonyl (C=O) groups excluding carboxylic acids is 1. The topological polar surface area (TPSA) is 44.4 Å². The van der Waals surface area contributed by atoms with Crippen LogP contribution >= 0.6 is 0 Å². The Hall–Kier alpha value is -1.76. The number of anilines is 1. The standard InChI is InChI=1S/C12H14F3N3O/c13-12(14,15)9-3-1-2-4-10(9)17-11(19)18-7-5-16-6-8-18/h1-4,16H,5-8H2,(H,17,19). The van der Waals surface area contributed by atoms with Crippen molar-refractivity contribution in [3.63, 3.8) is 0 Å². The molecule has 1 fully saturated rings. The second-order valence-electron chi connectivity index (χ2n) is 4.21. The lowest BCUT2D eigenvalue weighted by Gasteiger charge is -2.28. The first-order chi connectivity index (χ1) is 8.98. The molecule has 1 aromatic carbocycles. The second-order valence-corrected chi connectivity index (χ2v) is 4.21. The first-order valence-electron chi connectivity index (χ1n) is 5.91. The van der Waals surface area contributed by atoms with Gasteiger partial charge in [0, 0.05) is 26.2 Å². The van der Waals surface area contributed by atoms with Crippen molar-refractivity contribution in [3.8, 4) is 0 Å². The highest BCUT2D eigenvalue weighted by molar-refractivity contribution is 5.90. The van der Waals surface area contributed by atoms with Crippen molar-refractivity contribution in [2.75, 3.05) is 31.5 Å². The van der Waals surface area contributed by atoms with Gasteiger partial charge in [-0.1, -0.05) is 12.1 Å². The van der Waals surface area contributed by atoms with Gasteiger partial charge in [-0.2, -0.15) is 13.2 Å². The number of hydrogen-bond donors (Lipinski definition) is 2. The molecule has 0 saturated carbocycles. The normalized spacial score (nSPS) is 16.3. The predicted molar refractivity (Wildman–Crippen MR) is 64.9 cm³/mol. The smallest absolute Gasteiger partial charge is 0.322 e. The number of hydrogen-bond acceptors (Lipinski definition) is 2. The molecule has 0 atom stereocenters. The molecule has 0 aliphatic carbocycles. The molecule has 2 N–H and O–H groups in total. The van der Waals surface area contributed by atoms with Crippen LogP contribution < -0.4 is 10.6 Å². The SMILES string of the molecule is O=C(Nc1ccccc1C(F)(F)F)N1CCNCC1. The van der Waals surface area contributed by atoms with Crippen LogP contribution in [0.15, 0.2) is 24.3 Å². The maximum Gasteiger partial charge on any atom is 0.418 e. The third kappa shape index (κ3) is 3.37. The molecule has 0 bridgehead atoms. The third-order valence-electron chi connectivity index (χ3n) is 2.88. The molecule has 1 aromatic rings. The number of para-hydroxylation sites is 1. The van der Waals surface area contributed by atoms with Gasteiger partial charge in [-0.3, -0.25) is 0 Å². The number of nitrogens with zero attached hydrogens (tertiary/aromatic N) is 1. The van der Waals surface area contributed by atoms with Crippen LogP contribution in [0.1, 0.15) is 5.56 Å². The Kier molecular flexibility index (Phi) is 3.94. The molecule has 1 heterocycles. The summed E-state index contributed by atoms with van der Waals surface area (Å²) < 4.78 is 38.3. The van der Waals surface area contributed by atoms with E-state index in [-0.39, 0.29) is 5.69 Å². The molecule has 0 unspecified atom stereocenters. The summed E-state index contributed by atoms with van der Waals surface area (Å²) in [6.07, 6.45) is -4.48. The Morgan fingerprint density at radius 2 is 1.84 bits per heavy atom. The number of amides is 2. The average molecular weight is 273 g/mol. The summed E-state index contributed by atoms with van der Waals surface area (Å²) in [5, 5.41) is 5.39. The van der Waals surface area contributed by atoms with Gasteiger partial charge in [0.05, 0.1) is 11.3 Å². The van der Waals surface area contributed by atoms with Gasteiger partial charge in [0.1, 0.15) is 0 Å². The first kappa shape index (κ1) is 13.7. The maximum atomic E-state index is 12.8. The van der Waals surface area contributed by atoms with Gasteiger partial charge < -0.3 is 15.5 Å². The van der Waals surface area contributed by atoms with Crippen LogP contribution in [0.4, 0.5) is 23.7 Å². The number of piperazine rings is 1. The van der Waals surface area contributed by atoms with Crippen molar-refractivity contribution in [2.45, 2.75) is 6.18 Å². The second kappa shape index (κ2) is 5.48. The van der Waals surface area contributed by atoms with Gasteiger partial charge in [0.15, 0.2) is 0 Å². The molecule has 104 valence electrons. The van der Waals surface area contributed by atoms with Crippen LogP contribution in [0, 0.1) is 0 Å². The fourth-order valence-corrected chi connectivity index (χ4v) is 1.90. The largest absolute Gasteiger partial charge is 0.418 e. The van der Waals surface area contributed by atoms with E-state index in [9.17, 15) is 18.0 Å². The lowest BCUT2D eigenvalue weighted by atomic mass is 10.1. The quantitative estimate of drug-likeness (QED) is 0.823. The molecular formula is C12H14F3N3O. The van der Waals surface area contributed by atoms with Crippen molar-refractivity contribution in [1.82, 2.24) is 10.2 Å². The van der Waals surface area contributed by atoms with E-state index in [1.807, 2.05) is 0 Å². The fraction of sp³-hybridized carbons (Fsp3) is 0.417. The number of urea groups is 1. The lowest BCUT2D eigenvalue weighted by molar-refractivity contribution is -0.136. The molecule has 1 aliphatic heterocycles. The van der Waals surface area contributed by atoms with E-state index >= 15 is 0 Å². The molecule has 0 aromatic heterocycles. The molecule has 1 aliphatic rings. The molecule has 19 heavy (non-hydrogen) atoms. The third-order valence-corrected chi connectivity index (χ3v) is 2.88. The highest BCUT2D eigenvalue weighted by atomic mass is 19.4. The van der Waals surface area contributed by atoms with E-state index in [0.717, 1.165) is 6.07 Å². The van der Waals surface area contributed by atoms with Gasteiger partial charge in [-0.25, -0.2) is 4.79 Å². The summed E-state index contributed by atoms with van der Waals surface area (Å²) >= 11 is 0. The zero-order valence-electron chi connectivity index (χ0n) is 10.1. The van der Waals surface area contributed by atoms with E-state index in [2.05, 4.69) is 10.6 Å². The summed E-state index contributed by atoms with van der Waals surface area (Å²) in [6.45, 7) is 2.27. The molecule has 7 heteroatoms. The molecule has 1 saturated heterocycles. The van der Waals surface area contributed by atoms with Crippen molar-refractivity contribution < 1.29 is 18.0 Å². The van der Waals surface area contributed by atoms with Crippen LogP contribution in [0.3, 0.4) is 0 Å². The summed E-state index contributed by atoms with van der Waals surface area (Å²) in [4.78, 5) is 13.4. The van der Waals surface area contributed by atoms with Crippen LogP contribution in [0.25, 0.3) is 0 Å². The Labute approximate surface area is 108 Å². The van der Waals surface area contributed by atoms with Crippen LogP contribution in [0.2, 0.25) is 0 Å². The minimum absolute atomic E-state index is 0.210. The summed E-state index contributed by atoms with van der Waals surface area (Å²) in [6, 6.07) is 4.46. The number of halogens is 3. The van der Waals surface area contributed by atoms with Gasteiger partial charge in [-0.15, -0.1) is 0 Å². The van der Waals surface area contributed by atoms with Gasteiger partial charge >= 0.3 is 12.2 Å². The van der Waals surface area contributed by atoms with E-state index in [1.165, 1.54) is 23.1 Å². The highest BCUT2D eigenvalue weighted by Gasteiger charge is 2.33. The molecule has 2 amide bonds. The van der Waals surface area contributed by atoms with Crippen molar-refractivity contribution >= 4 is 11.7 Å². The summed E-state index contributed by atoms with van der Waals surface area (Å²) in [5.74, 6) is 0. The maximum absolute atomic E-state index is 12.8. The lowest BCUT2D eigenvalue weighted by Crippen LogP contribution is -2.48. The zero-order valence-corrected chi connectivity index (χ0v) is 10.1. The van der Waals surface area contributed by atoms with E-state index in [1.54, 1.807) is 0 Å². The van der Waals surface area contributed by atoms with E-state index in [4.69, 9.17) is 0 Å². The van der Waals surface area contributed by atoms with E-state index < -0.39 is 17.8 Å². The molecule has 2 rings (SSSR count). The number of nitrogens with one attached hydrogen (secondary N) is 2. The molecular weight excluding hydrogens is 259 g/mol. The monoisotopic (exact) mass is 273 g/mol. The predicted octanol–water partition coefficient (Wildman–Crippen LogP) is 2.14. The average Bonchev–Trinajstić information content (AvgIpc) is 2.39. The fourth-order valence-electron chi connectivity index (χ4n) is 1.90. The summed E-state index contributed by atoms with van der Waals surface area (Å²) in [5.41, 5.74) is -1.04. The minimum atomic E-state index is -4.48. The minimum Gasteiger partial charge on any atom is -0.322 e. The van der Waals surface area contributed by atoms with Crippen LogP contribution in [0.5, 0.6) is 0 Å². The molecule has 0 spiro atoms. The van der Waals surface area contributed by atoms with Gasteiger partial charge in [0.25, 0.3) is 0 Å². The highest BCUT2D eigenvalue weighted by Crippen LogP contribution is 2.34. The zero-order chi connectivity index (χ0) is 13.9. The Morgan fingerprint density at radius 3 is 2.47 bits per heavy atom.